The Balaban J connectivity index is 1.33. The summed E-state index contributed by atoms with van der Waals surface area (Å²) in [6.07, 6.45) is 0. The Hall–Kier alpha value is -3.16. The highest BCUT2D eigenvalue weighted by Gasteiger charge is 2.23. The molecule has 0 bridgehead atoms. The lowest BCUT2D eigenvalue weighted by atomic mass is 10.1. The number of benzene rings is 3. The van der Waals surface area contributed by atoms with E-state index in [4.69, 9.17) is 0 Å². The van der Waals surface area contributed by atoms with E-state index in [-0.39, 0.29) is 17.1 Å². The lowest BCUT2D eigenvalue weighted by Gasteiger charge is -2.21. The molecule has 0 saturated carbocycles. The topological polar surface area (TPSA) is 71.1 Å². The second-order valence-corrected chi connectivity index (χ2v) is 9.39. The van der Waals surface area contributed by atoms with E-state index in [0.717, 1.165) is 25.7 Å². The van der Waals surface area contributed by atoms with Crippen LogP contribution < -0.4 is 10.6 Å². The van der Waals surface area contributed by atoms with Crippen molar-refractivity contribution in [2.24, 2.45) is 0 Å². The van der Waals surface area contributed by atoms with Crippen LogP contribution in [0.1, 0.15) is 17.3 Å². The first-order chi connectivity index (χ1) is 14.6. The highest BCUT2D eigenvalue weighted by atomic mass is 32.2. The summed E-state index contributed by atoms with van der Waals surface area (Å²) in [5.74, 6) is -0.265. The molecule has 2 amide bonds. The van der Waals surface area contributed by atoms with Gasteiger partial charge in [0.2, 0.25) is 5.91 Å². The number of carbonyl (C=O) groups is 2. The van der Waals surface area contributed by atoms with E-state index < -0.39 is 0 Å². The van der Waals surface area contributed by atoms with Gasteiger partial charge in [-0.1, -0.05) is 12.1 Å². The quantitative estimate of drug-likeness (QED) is 0.440. The number of carbonyl (C=O) groups excluding carboxylic acids is 2. The van der Waals surface area contributed by atoms with Crippen LogP contribution in [0.15, 0.2) is 71.6 Å². The molecule has 1 atom stereocenters. The van der Waals surface area contributed by atoms with E-state index in [9.17, 15) is 9.59 Å². The summed E-state index contributed by atoms with van der Waals surface area (Å²) in [5.41, 5.74) is 3.88. The normalized spacial score (nSPS) is 15.5. The second kappa shape index (κ2) is 7.59. The number of hydrogen-bond acceptors (Lipinski definition) is 5. The molecule has 2 heterocycles. The summed E-state index contributed by atoms with van der Waals surface area (Å²) in [7, 11) is 0. The highest BCUT2D eigenvalue weighted by Crippen LogP contribution is 2.36. The van der Waals surface area contributed by atoms with E-state index in [1.807, 2.05) is 55.5 Å². The van der Waals surface area contributed by atoms with Gasteiger partial charge in [0.1, 0.15) is 5.01 Å². The van der Waals surface area contributed by atoms with Gasteiger partial charge in [-0.15, -0.1) is 23.1 Å². The fourth-order valence-corrected chi connectivity index (χ4v) is 5.15. The van der Waals surface area contributed by atoms with Crippen LogP contribution in [-0.2, 0) is 4.79 Å². The Labute approximate surface area is 181 Å². The molecular weight excluding hydrogens is 414 g/mol. The standard InChI is InChI=1S/C23H17N3O2S2/c1-13-21(27)25-18-12-15(8-11-20(18)29-13)22(28)24-16-9-6-14(7-10-16)23-26-17-4-2-3-5-19(17)30-23/h2-13H,1H3,(H,24,28)(H,25,27). The monoisotopic (exact) mass is 431 g/mol. The zero-order chi connectivity index (χ0) is 20.7. The van der Waals surface area contributed by atoms with Crippen molar-refractivity contribution in [3.63, 3.8) is 0 Å². The van der Waals surface area contributed by atoms with Crippen molar-refractivity contribution in [1.29, 1.82) is 0 Å². The van der Waals surface area contributed by atoms with Gasteiger partial charge >= 0.3 is 0 Å². The molecule has 0 saturated heterocycles. The number of nitrogens with one attached hydrogen (secondary N) is 2. The molecule has 0 radical (unpaired) electrons. The molecular formula is C23H17N3O2S2. The summed E-state index contributed by atoms with van der Waals surface area (Å²) in [4.78, 5) is 30.2. The molecule has 1 aromatic heterocycles. The number of anilines is 2. The van der Waals surface area contributed by atoms with Crippen LogP contribution in [0.4, 0.5) is 11.4 Å². The van der Waals surface area contributed by atoms with Crippen molar-refractivity contribution in [3.8, 4) is 10.6 Å². The van der Waals surface area contributed by atoms with E-state index in [2.05, 4.69) is 21.7 Å². The van der Waals surface area contributed by atoms with Gasteiger partial charge < -0.3 is 10.6 Å². The minimum absolute atomic E-state index is 0.0458. The Morgan fingerprint density at radius 1 is 1.07 bits per heavy atom. The van der Waals surface area contributed by atoms with Crippen LogP contribution in [0, 0.1) is 0 Å². The number of fused-ring (bicyclic) bond motifs is 2. The average Bonchev–Trinajstić information content (AvgIpc) is 3.19. The fraction of sp³-hybridized carbons (Fsp3) is 0.0870. The van der Waals surface area contributed by atoms with Crippen LogP contribution in [0.25, 0.3) is 20.8 Å². The van der Waals surface area contributed by atoms with Crippen LogP contribution in [0.2, 0.25) is 0 Å². The summed E-state index contributed by atoms with van der Waals surface area (Å²) in [6, 6.07) is 21.1. The van der Waals surface area contributed by atoms with Gasteiger partial charge in [0.25, 0.3) is 5.91 Å². The number of rotatable bonds is 3. The van der Waals surface area contributed by atoms with Gasteiger partial charge in [-0.3, -0.25) is 9.59 Å². The van der Waals surface area contributed by atoms with E-state index in [0.29, 0.717) is 16.9 Å². The van der Waals surface area contributed by atoms with Crippen molar-refractivity contribution < 1.29 is 9.59 Å². The zero-order valence-corrected chi connectivity index (χ0v) is 17.6. The van der Waals surface area contributed by atoms with Gasteiger partial charge in [-0.25, -0.2) is 4.98 Å². The molecule has 5 rings (SSSR count). The lowest BCUT2D eigenvalue weighted by molar-refractivity contribution is -0.115. The molecule has 148 valence electrons. The second-order valence-electron chi connectivity index (χ2n) is 6.98. The van der Waals surface area contributed by atoms with Crippen molar-refractivity contribution in [2.45, 2.75) is 17.1 Å². The predicted molar refractivity (Wildman–Crippen MR) is 123 cm³/mol. The molecule has 0 aliphatic carbocycles. The number of thiazole rings is 1. The summed E-state index contributed by atoms with van der Waals surface area (Å²) in [5, 5.41) is 6.59. The van der Waals surface area contributed by atoms with Gasteiger partial charge in [0.15, 0.2) is 0 Å². The SMILES string of the molecule is CC1Sc2ccc(C(=O)Nc3ccc(-c4nc5ccccc5s4)cc3)cc2NC1=O. The molecule has 1 unspecified atom stereocenters. The smallest absolute Gasteiger partial charge is 0.255 e. The van der Waals surface area contributed by atoms with Crippen LogP contribution >= 0.6 is 23.1 Å². The number of thioether (sulfide) groups is 1. The minimum atomic E-state index is -0.219. The van der Waals surface area contributed by atoms with Crippen molar-refractivity contribution in [2.75, 3.05) is 10.6 Å². The third kappa shape index (κ3) is 3.58. The largest absolute Gasteiger partial charge is 0.324 e. The molecule has 0 fully saturated rings. The highest BCUT2D eigenvalue weighted by molar-refractivity contribution is 8.00. The first-order valence-electron chi connectivity index (χ1n) is 9.46. The Morgan fingerprint density at radius 2 is 1.87 bits per heavy atom. The molecule has 1 aliphatic heterocycles. The zero-order valence-electron chi connectivity index (χ0n) is 16.0. The molecule has 7 heteroatoms. The Kier molecular flexibility index (Phi) is 4.77. The fourth-order valence-electron chi connectivity index (χ4n) is 3.25. The van der Waals surface area contributed by atoms with E-state index in [1.54, 1.807) is 23.5 Å². The molecule has 5 nitrogen and oxygen atoms in total. The van der Waals surface area contributed by atoms with E-state index in [1.165, 1.54) is 11.8 Å². The number of hydrogen-bond donors (Lipinski definition) is 2. The number of para-hydroxylation sites is 1. The molecule has 30 heavy (non-hydrogen) atoms. The maximum absolute atomic E-state index is 12.7. The maximum Gasteiger partial charge on any atom is 0.255 e. The van der Waals surface area contributed by atoms with Crippen LogP contribution in [0.3, 0.4) is 0 Å². The first kappa shape index (κ1) is 18.8. The van der Waals surface area contributed by atoms with Gasteiger partial charge in [0, 0.05) is 21.7 Å². The van der Waals surface area contributed by atoms with Crippen LogP contribution in [0.5, 0.6) is 0 Å². The average molecular weight is 432 g/mol. The first-order valence-corrected chi connectivity index (χ1v) is 11.2. The van der Waals surface area contributed by atoms with Crippen molar-refractivity contribution in [3.05, 3.63) is 72.3 Å². The maximum atomic E-state index is 12.7. The Bertz CT molecular complexity index is 1250. The van der Waals surface area contributed by atoms with Crippen molar-refractivity contribution in [1.82, 2.24) is 4.98 Å². The molecule has 2 N–H and O–H groups in total. The van der Waals surface area contributed by atoms with Crippen molar-refractivity contribution >= 4 is 56.5 Å². The summed E-state index contributed by atoms with van der Waals surface area (Å²) < 4.78 is 1.15. The van der Waals surface area contributed by atoms with Crippen LogP contribution in [-0.4, -0.2) is 22.0 Å². The van der Waals surface area contributed by atoms with E-state index >= 15 is 0 Å². The number of amides is 2. The number of aromatic nitrogens is 1. The van der Waals surface area contributed by atoms with Gasteiger partial charge in [-0.05, 0) is 61.5 Å². The summed E-state index contributed by atoms with van der Waals surface area (Å²) >= 11 is 3.14. The summed E-state index contributed by atoms with van der Waals surface area (Å²) in [6.45, 7) is 1.86. The third-order valence-corrected chi connectivity index (χ3v) is 7.12. The van der Waals surface area contributed by atoms with Gasteiger partial charge in [0.05, 0.1) is 21.2 Å². The lowest BCUT2D eigenvalue weighted by Crippen LogP contribution is -2.26. The molecule has 3 aromatic carbocycles. The molecule has 0 spiro atoms. The minimum Gasteiger partial charge on any atom is -0.324 e. The van der Waals surface area contributed by atoms with Gasteiger partial charge in [-0.2, -0.15) is 0 Å². The molecule has 4 aromatic rings. The Morgan fingerprint density at radius 3 is 2.67 bits per heavy atom. The molecule has 1 aliphatic rings. The third-order valence-electron chi connectivity index (χ3n) is 4.86. The predicted octanol–water partition coefficient (Wildman–Crippen LogP) is 5.65. The number of nitrogens with zero attached hydrogens (tertiary/aromatic N) is 1.